The summed E-state index contributed by atoms with van der Waals surface area (Å²) in [6.07, 6.45) is -2.77. The molecule has 0 aromatic heterocycles. The van der Waals surface area contributed by atoms with Crippen LogP contribution >= 0.6 is 0 Å². The molecule has 10 heteroatoms. The van der Waals surface area contributed by atoms with E-state index < -0.39 is 42.3 Å². The van der Waals surface area contributed by atoms with Crippen molar-refractivity contribution in [2.75, 3.05) is 34.5 Å². The van der Waals surface area contributed by atoms with Crippen molar-refractivity contribution in [1.82, 2.24) is 4.90 Å². The van der Waals surface area contributed by atoms with Crippen LogP contribution in [0.3, 0.4) is 0 Å². The summed E-state index contributed by atoms with van der Waals surface area (Å²) in [6.45, 7) is 4.57. The number of likely N-dealkylation sites (N-methyl/N-ethyl adjacent to an activating group) is 1. The molecule has 0 aliphatic rings. The lowest BCUT2D eigenvalue weighted by molar-refractivity contribution is -0.182. The number of hydrogen-bond donors (Lipinski definition) is 0. The third-order valence-corrected chi connectivity index (χ3v) is 3.83. The Bertz CT molecular complexity index is 523. The number of carbonyl (C=O) groups excluding carboxylic acids is 4. The van der Waals surface area contributed by atoms with Gasteiger partial charge in [0, 0.05) is 49.0 Å². The van der Waals surface area contributed by atoms with E-state index in [-0.39, 0.29) is 19.1 Å². The molecule has 156 valence electrons. The molecule has 0 radical (unpaired) electrons. The van der Waals surface area contributed by atoms with Crippen molar-refractivity contribution in [3.05, 3.63) is 0 Å². The molecule has 10 nitrogen and oxygen atoms in total. The Morgan fingerprint density at radius 3 is 1.63 bits per heavy atom. The minimum absolute atomic E-state index is 0.163. The van der Waals surface area contributed by atoms with Crippen molar-refractivity contribution < 1.29 is 42.9 Å². The van der Waals surface area contributed by atoms with Crippen LogP contribution < -0.4 is 0 Å². The van der Waals surface area contributed by atoms with Gasteiger partial charge in [-0.1, -0.05) is 0 Å². The van der Waals surface area contributed by atoms with Crippen LogP contribution in [-0.2, 0) is 42.9 Å². The summed E-state index contributed by atoms with van der Waals surface area (Å²) in [4.78, 5) is 47.0. The molecular formula is C17H29NO9. The van der Waals surface area contributed by atoms with E-state index in [1.807, 2.05) is 0 Å². The molecular weight excluding hydrogens is 362 g/mol. The van der Waals surface area contributed by atoms with E-state index in [1.54, 1.807) is 0 Å². The molecule has 0 fully saturated rings. The molecule has 0 aromatic rings. The first kappa shape index (κ1) is 24.8. The van der Waals surface area contributed by atoms with E-state index in [4.69, 9.17) is 23.7 Å². The molecule has 4 atom stereocenters. The van der Waals surface area contributed by atoms with Crippen molar-refractivity contribution in [1.29, 1.82) is 0 Å². The van der Waals surface area contributed by atoms with Crippen molar-refractivity contribution in [2.45, 2.75) is 52.0 Å². The number of esters is 3. The summed E-state index contributed by atoms with van der Waals surface area (Å²) < 4.78 is 26.2. The molecule has 27 heavy (non-hydrogen) atoms. The van der Waals surface area contributed by atoms with E-state index >= 15 is 0 Å². The maximum Gasteiger partial charge on any atom is 0.303 e. The second kappa shape index (κ2) is 12.2. The Kier molecular flexibility index (Phi) is 11.2. The lowest BCUT2D eigenvalue weighted by atomic mass is 9.99. The number of methoxy groups -OCH3 is 2. The molecule has 0 aromatic carbocycles. The fourth-order valence-corrected chi connectivity index (χ4v) is 2.48. The van der Waals surface area contributed by atoms with E-state index in [9.17, 15) is 19.2 Å². The second-order valence-corrected chi connectivity index (χ2v) is 5.85. The fourth-order valence-electron chi connectivity index (χ4n) is 2.48. The highest BCUT2D eigenvalue weighted by molar-refractivity contribution is 5.73. The number of rotatable bonds is 11. The van der Waals surface area contributed by atoms with Gasteiger partial charge < -0.3 is 28.6 Å². The van der Waals surface area contributed by atoms with Gasteiger partial charge in [0.05, 0.1) is 6.04 Å². The van der Waals surface area contributed by atoms with Gasteiger partial charge in [-0.05, 0) is 0 Å². The lowest BCUT2D eigenvalue weighted by Gasteiger charge is -2.38. The highest BCUT2D eigenvalue weighted by Crippen LogP contribution is 2.19. The number of carbonyl (C=O) groups is 4. The summed E-state index contributed by atoms with van der Waals surface area (Å²) in [6, 6.07) is -0.739. The zero-order chi connectivity index (χ0) is 21.1. The van der Waals surface area contributed by atoms with Crippen LogP contribution in [0.1, 0.15) is 27.7 Å². The van der Waals surface area contributed by atoms with E-state index in [1.165, 1.54) is 53.9 Å². The predicted octanol–water partition coefficient (Wildman–Crippen LogP) is -0.0788. The highest BCUT2D eigenvalue weighted by Gasteiger charge is 2.40. The van der Waals surface area contributed by atoms with Gasteiger partial charge >= 0.3 is 17.9 Å². The first-order valence-electron chi connectivity index (χ1n) is 8.28. The smallest absolute Gasteiger partial charge is 0.303 e. The molecule has 0 rings (SSSR count). The molecule has 0 saturated heterocycles. The maximum absolute atomic E-state index is 11.9. The van der Waals surface area contributed by atoms with Crippen LogP contribution in [0.5, 0.6) is 0 Å². The minimum atomic E-state index is -0.999. The minimum Gasteiger partial charge on any atom is -0.464 e. The van der Waals surface area contributed by atoms with Crippen LogP contribution in [-0.4, -0.2) is 87.5 Å². The molecule has 0 aliphatic heterocycles. The zero-order valence-electron chi connectivity index (χ0n) is 16.8. The Labute approximate surface area is 159 Å². The number of ether oxygens (including phenoxy) is 5. The number of amides is 1. The average Bonchev–Trinajstić information content (AvgIpc) is 2.57. The van der Waals surface area contributed by atoms with Gasteiger partial charge in [0.25, 0.3) is 0 Å². The van der Waals surface area contributed by atoms with Crippen molar-refractivity contribution in [2.24, 2.45) is 0 Å². The quantitative estimate of drug-likeness (QED) is 0.352. The molecule has 1 amide bonds. The molecule has 0 aliphatic carbocycles. The van der Waals surface area contributed by atoms with E-state index in [0.29, 0.717) is 0 Å². The van der Waals surface area contributed by atoms with Crippen molar-refractivity contribution in [3.63, 3.8) is 0 Å². The van der Waals surface area contributed by atoms with Gasteiger partial charge in [0.1, 0.15) is 25.4 Å². The Morgan fingerprint density at radius 1 is 0.778 bits per heavy atom. The third kappa shape index (κ3) is 8.83. The molecule has 0 saturated carbocycles. The van der Waals surface area contributed by atoms with Gasteiger partial charge in [-0.25, -0.2) is 0 Å². The summed E-state index contributed by atoms with van der Waals surface area (Å²) in [5.74, 6) is -2.00. The monoisotopic (exact) mass is 391 g/mol. The largest absolute Gasteiger partial charge is 0.464 e. The van der Waals surface area contributed by atoms with Gasteiger partial charge in [-0.15, -0.1) is 0 Å². The number of nitrogens with zero attached hydrogens (tertiary/aromatic N) is 1. The summed E-state index contributed by atoms with van der Waals surface area (Å²) in [5.41, 5.74) is 0. The van der Waals surface area contributed by atoms with Crippen molar-refractivity contribution in [3.8, 4) is 0 Å². The van der Waals surface area contributed by atoms with Crippen LogP contribution in [0.25, 0.3) is 0 Å². The summed E-state index contributed by atoms with van der Waals surface area (Å²) >= 11 is 0. The molecule has 0 heterocycles. The molecule has 0 spiro atoms. The summed E-state index contributed by atoms with van der Waals surface area (Å²) in [5, 5.41) is 0. The third-order valence-electron chi connectivity index (χ3n) is 3.83. The van der Waals surface area contributed by atoms with Crippen LogP contribution in [0.4, 0.5) is 0 Å². The zero-order valence-corrected chi connectivity index (χ0v) is 16.8. The Hall–Kier alpha value is -2.20. The first-order valence-corrected chi connectivity index (χ1v) is 8.28. The van der Waals surface area contributed by atoms with Crippen molar-refractivity contribution >= 4 is 23.8 Å². The molecule has 0 N–H and O–H groups in total. The van der Waals surface area contributed by atoms with E-state index in [0.717, 1.165) is 0 Å². The van der Waals surface area contributed by atoms with Gasteiger partial charge in [0.2, 0.25) is 5.91 Å². The van der Waals surface area contributed by atoms with Gasteiger partial charge in [0.15, 0.2) is 6.10 Å². The highest BCUT2D eigenvalue weighted by atomic mass is 16.6. The predicted molar refractivity (Wildman–Crippen MR) is 92.6 cm³/mol. The first-order chi connectivity index (χ1) is 12.5. The Balaban J connectivity index is 5.74. The standard InChI is InChI=1S/C17H29NO9/c1-10(19)18(5)14(8-25-11(2)20)16(23-6)17(24-7)15(27-13(4)22)9-26-12(3)21/h14-17H,8-9H2,1-7H3/t14-,15+,16+,17+/m0/s1. The van der Waals surface area contributed by atoms with Crippen LogP contribution in [0.2, 0.25) is 0 Å². The lowest BCUT2D eigenvalue weighted by Crippen LogP contribution is -2.57. The van der Waals surface area contributed by atoms with Crippen LogP contribution in [0, 0.1) is 0 Å². The van der Waals surface area contributed by atoms with Gasteiger partial charge in [-0.2, -0.15) is 0 Å². The van der Waals surface area contributed by atoms with E-state index in [2.05, 4.69) is 0 Å². The van der Waals surface area contributed by atoms with Gasteiger partial charge in [-0.3, -0.25) is 19.2 Å². The number of hydrogen-bond acceptors (Lipinski definition) is 9. The topological polar surface area (TPSA) is 118 Å². The SMILES string of the molecule is CO[C@@H]([C@H](OC)[C@H](COC(C)=O)N(C)C(C)=O)[C@@H](COC(C)=O)OC(C)=O. The average molecular weight is 391 g/mol. The molecule has 0 unspecified atom stereocenters. The second-order valence-electron chi connectivity index (χ2n) is 5.85. The fraction of sp³-hybridized carbons (Fsp3) is 0.765. The normalized spacial score (nSPS) is 15.1. The molecule has 0 bridgehead atoms. The summed E-state index contributed by atoms with van der Waals surface area (Å²) in [7, 11) is 4.25. The van der Waals surface area contributed by atoms with Crippen LogP contribution in [0.15, 0.2) is 0 Å². The Morgan fingerprint density at radius 2 is 1.26 bits per heavy atom. The maximum atomic E-state index is 11.9.